The number of rotatable bonds is 2. The number of hydrogen-bond donors (Lipinski definition) is 2. The lowest BCUT2D eigenvalue weighted by Crippen LogP contribution is -2.06. The van der Waals surface area contributed by atoms with Gasteiger partial charge in [0.25, 0.3) is 0 Å². The lowest BCUT2D eigenvalue weighted by Gasteiger charge is -2.02. The molecule has 2 N–H and O–H groups in total. The normalized spacial score (nSPS) is 13.4. The van der Waals surface area contributed by atoms with Crippen molar-refractivity contribution in [3.63, 3.8) is 0 Å². The minimum atomic E-state index is 0.119. The Labute approximate surface area is 125 Å². The monoisotopic (exact) mass is 291 g/mol. The van der Waals surface area contributed by atoms with Gasteiger partial charge in [0.05, 0.1) is 29.1 Å². The van der Waals surface area contributed by atoms with Crippen molar-refractivity contribution in [2.24, 2.45) is 9.98 Å². The molecule has 108 valence electrons. The molecule has 0 spiro atoms. The molecule has 0 unspecified atom stereocenters. The molecular formula is C17H13N3O2. The van der Waals surface area contributed by atoms with Gasteiger partial charge in [0.2, 0.25) is 0 Å². The summed E-state index contributed by atoms with van der Waals surface area (Å²) in [5, 5.41) is 12.9. The van der Waals surface area contributed by atoms with E-state index in [0.717, 1.165) is 32.9 Å². The smallest absolute Gasteiger partial charge is 0.197 e. The van der Waals surface area contributed by atoms with Gasteiger partial charge in [-0.1, -0.05) is 12.1 Å². The fraction of sp³-hybridized carbons (Fsp3) is 0.0588. The maximum atomic E-state index is 10.2. The van der Waals surface area contributed by atoms with Crippen molar-refractivity contribution in [3.8, 4) is 11.6 Å². The molecule has 0 atom stereocenters. The minimum absolute atomic E-state index is 0.119. The molecule has 2 aromatic carbocycles. The summed E-state index contributed by atoms with van der Waals surface area (Å²) in [5.41, 5.74) is 2.36. The van der Waals surface area contributed by atoms with Crippen LogP contribution in [-0.2, 0) is 0 Å². The Morgan fingerprint density at radius 2 is 2.14 bits per heavy atom. The van der Waals surface area contributed by atoms with E-state index >= 15 is 0 Å². The van der Waals surface area contributed by atoms with Crippen LogP contribution in [0.5, 0.6) is 11.6 Å². The summed E-state index contributed by atoms with van der Waals surface area (Å²) in [6.07, 6.45) is 3.45. The highest BCUT2D eigenvalue weighted by Gasteiger charge is 2.12. The molecule has 5 heteroatoms. The van der Waals surface area contributed by atoms with Crippen LogP contribution in [-0.4, -0.2) is 23.5 Å². The molecule has 0 fully saturated rings. The standard InChI is InChI=1S/C17H13N3O2/c1-22-15-4-2-3-13-16(15)11(17(21)20-13)7-10-5-6-12-14(8-10)19-9-18-12/h2-9,20-21H,1H3/b10-7+. The van der Waals surface area contributed by atoms with E-state index in [1.165, 1.54) is 0 Å². The maximum Gasteiger partial charge on any atom is 0.197 e. The Bertz CT molecular complexity index is 1030. The Kier molecular flexibility index (Phi) is 2.72. The number of ether oxygens (including phenoxy) is 1. The van der Waals surface area contributed by atoms with E-state index in [4.69, 9.17) is 4.74 Å². The number of aromatic hydroxyl groups is 1. The molecular weight excluding hydrogens is 278 g/mol. The molecule has 0 saturated carbocycles. The van der Waals surface area contributed by atoms with E-state index in [1.807, 2.05) is 42.5 Å². The maximum absolute atomic E-state index is 10.2. The summed E-state index contributed by atoms with van der Waals surface area (Å²) in [7, 11) is 1.62. The summed E-state index contributed by atoms with van der Waals surface area (Å²) in [5.74, 6) is 0.836. The van der Waals surface area contributed by atoms with Gasteiger partial charge < -0.3 is 14.8 Å². The van der Waals surface area contributed by atoms with Crippen molar-refractivity contribution in [1.29, 1.82) is 0 Å². The first kappa shape index (κ1) is 12.6. The molecule has 0 aliphatic carbocycles. The Balaban J connectivity index is 1.99. The molecule has 0 saturated heterocycles. The molecule has 0 amide bonds. The fourth-order valence-electron chi connectivity index (χ4n) is 2.70. The van der Waals surface area contributed by atoms with Crippen LogP contribution in [0.2, 0.25) is 0 Å². The number of aromatic amines is 1. The Hall–Kier alpha value is -3.08. The molecule has 5 nitrogen and oxygen atoms in total. The number of methoxy groups -OCH3 is 1. The number of H-pyrrole nitrogens is 1. The number of aliphatic imine (C=N–C) groups is 1. The zero-order valence-corrected chi connectivity index (χ0v) is 11.9. The molecule has 0 radical (unpaired) electrons. The van der Waals surface area contributed by atoms with Crippen LogP contribution >= 0.6 is 0 Å². The van der Waals surface area contributed by atoms with E-state index in [9.17, 15) is 5.11 Å². The van der Waals surface area contributed by atoms with Gasteiger partial charge in [-0.25, -0.2) is 9.98 Å². The fourth-order valence-corrected chi connectivity index (χ4v) is 2.70. The molecule has 1 aliphatic rings. The van der Waals surface area contributed by atoms with Crippen LogP contribution < -0.4 is 15.3 Å². The first-order valence-electron chi connectivity index (χ1n) is 6.86. The molecule has 3 aromatic rings. The van der Waals surface area contributed by atoms with Crippen molar-refractivity contribution < 1.29 is 9.84 Å². The minimum Gasteiger partial charge on any atom is -0.496 e. The lowest BCUT2D eigenvalue weighted by molar-refractivity contribution is 0.419. The highest BCUT2D eigenvalue weighted by Crippen LogP contribution is 2.34. The summed E-state index contributed by atoms with van der Waals surface area (Å²) in [4.78, 5) is 11.3. The zero-order valence-electron chi connectivity index (χ0n) is 11.9. The Morgan fingerprint density at radius 1 is 1.23 bits per heavy atom. The third kappa shape index (κ3) is 1.87. The summed E-state index contributed by atoms with van der Waals surface area (Å²) >= 11 is 0. The number of nitrogens with zero attached hydrogens (tertiary/aromatic N) is 2. The predicted octanol–water partition coefficient (Wildman–Crippen LogP) is 2.00. The number of fused-ring (bicyclic) bond motifs is 2. The van der Waals surface area contributed by atoms with E-state index in [-0.39, 0.29) is 5.88 Å². The van der Waals surface area contributed by atoms with Crippen molar-refractivity contribution in [1.82, 2.24) is 4.98 Å². The SMILES string of the molecule is COc1cccc2[nH]c(O)c(/C=c3\ccc4c(c3)N=CN=4)c12. The average Bonchev–Trinajstić information content (AvgIpc) is 3.11. The van der Waals surface area contributed by atoms with Crippen LogP contribution in [0.1, 0.15) is 5.56 Å². The third-order valence-electron chi connectivity index (χ3n) is 3.73. The van der Waals surface area contributed by atoms with Gasteiger partial charge in [0.1, 0.15) is 12.1 Å². The number of benzene rings is 2. The van der Waals surface area contributed by atoms with Gasteiger partial charge in [-0.3, -0.25) is 0 Å². The molecule has 1 aliphatic heterocycles. The molecule has 4 rings (SSSR count). The second-order valence-corrected chi connectivity index (χ2v) is 5.04. The van der Waals surface area contributed by atoms with Gasteiger partial charge in [-0.15, -0.1) is 0 Å². The topological polar surface area (TPSA) is 70.0 Å². The second-order valence-electron chi connectivity index (χ2n) is 5.04. The number of nitrogens with one attached hydrogen (secondary N) is 1. The first-order chi connectivity index (χ1) is 10.8. The molecule has 0 bridgehead atoms. The van der Waals surface area contributed by atoms with Gasteiger partial charge in [0.15, 0.2) is 5.88 Å². The van der Waals surface area contributed by atoms with Crippen molar-refractivity contribution in [2.45, 2.75) is 0 Å². The zero-order chi connectivity index (χ0) is 15.1. The Morgan fingerprint density at radius 3 is 3.00 bits per heavy atom. The van der Waals surface area contributed by atoms with Crippen LogP contribution in [0.25, 0.3) is 17.0 Å². The van der Waals surface area contributed by atoms with E-state index in [0.29, 0.717) is 5.56 Å². The van der Waals surface area contributed by atoms with Crippen LogP contribution in [0, 0.1) is 0 Å². The van der Waals surface area contributed by atoms with Crippen molar-refractivity contribution in [3.05, 3.63) is 52.5 Å². The average molecular weight is 291 g/mol. The second kappa shape index (κ2) is 4.73. The quantitative estimate of drug-likeness (QED) is 0.758. The summed E-state index contributed by atoms with van der Waals surface area (Å²) < 4.78 is 5.40. The van der Waals surface area contributed by atoms with E-state index in [1.54, 1.807) is 13.4 Å². The summed E-state index contributed by atoms with van der Waals surface area (Å²) in [6.45, 7) is 0. The van der Waals surface area contributed by atoms with Crippen LogP contribution in [0.4, 0.5) is 5.69 Å². The third-order valence-corrected chi connectivity index (χ3v) is 3.73. The van der Waals surface area contributed by atoms with Crippen molar-refractivity contribution in [2.75, 3.05) is 7.11 Å². The molecule has 1 aromatic heterocycles. The van der Waals surface area contributed by atoms with E-state index in [2.05, 4.69) is 15.0 Å². The first-order valence-corrected chi connectivity index (χ1v) is 6.86. The van der Waals surface area contributed by atoms with Crippen LogP contribution in [0.3, 0.4) is 0 Å². The lowest BCUT2D eigenvalue weighted by atomic mass is 10.1. The molecule has 2 heterocycles. The molecule has 22 heavy (non-hydrogen) atoms. The largest absolute Gasteiger partial charge is 0.496 e. The predicted molar refractivity (Wildman–Crippen MR) is 85.5 cm³/mol. The highest BCUT2D eigenvalue weighted by atomic mass is 16.5. The van der Waals surface area contributed by atoms with Gasteiger partial charge >= 0.3 is 0 Å². The van der Waals surface area contributed by atoms with Gasteiger partial charge in [0, 0.05) is 5.56 Å². The van der Waals surface area contributed by atoms with Gasteiger partial charge in [-0.05, 0) is 35.6 Å². The number of aromatic nitrogens is 1. The summed E-state index contributed by atoms with van der Waals surface area (Å²) in [6, 6.07) is 11.5. The van der Waals surface area contributed by atoms with Crippen molar-refractivity contribution >= 4 is 29.0 Å². The van der Waals surface area contributed by atoms with Crippen LogP contribution in [0.15, 0.2) is 46.4 Å². The number of hydrogen-bond acceptors (Lipinski definition) is 4. The van der Waals surface area contributed by atoms with Gasteiger partial charge in [-0.2, -0.15) is 0 Å². The highest BCUT2D eigenvalue weighted by molar-refractivity contribution is 5.96. The van der Waals surface area contributed by atoms with E-state index < -0.39 is 0 Å².